The van der Waals surface area contributed by atoms with Crippen molar-refractivity contribution < 1.29 is 42.5 Å². The number of esters is 1. The Kier molecular flexibility index (Phi) is 8.35. The summed E-state index contributed by atoms with van der Waals surface area (Å²) in [5, 5.41) is 7.49. The van der Waals surface area contributed by atoms with Crippen molar-refractivity contribution in [3.63, 3.8) is 0 Å². The van der Waals surface area contributed by atoms with Crippen LogP contribution in [0.2, 0.25) is 0 Å². The smallest absolute Gasteiger partial charge is 0.303 e. The Hall–Kier alpha value is -3.95. The number of aromatic nitrogens is 3. The molecule has 3 aliphatic heterocycles. The maximum Gasteiger partial charge on any atom is 0.303 e. The first kappa shape index (κ1) is 30.1. The van der Waals surface area contributed by atoms with E-state index in [1.807, 2.05) is 0 Å². The molecule has 15 heteroatoms. The van der Waals surface area contributed by atoms with E-state index in [2.05, 4.69) is 31.3 Å². The zero-order chi connectivity index (χ0) is 31.1. The number of halogens is 2. The predicted molar refractivity (Wildman–Crippen MR) is 155 cm³/mol. The third kappa shape index (κ3) is 6.03. The van der Waals surface area contributed by atoms with Gasteiger partial charge in [-0.25, -0.2) is 9.37 Å². The summed E-state index contributed by atoms with van der Waals surface area (Å²) in [5.74, 6) is -1.13. The van der Waals surface area contributed by atoms with Crippen LogP contribution in [0.3, 0.4) is 0 Å². The van der Waals surface area contributed by atoms with E-state index < -0.39 is 54.4 Å². The molecule has 5 heterocycles. The Balaban J connectivity index is 1.18. The number of carbonyl (C=O) groups excluding carboxylic acids is 4. The molecule has 0 bridgehead atoms. The Morgan fingerprint density at radius 3 is 2.57 bits per heavy atom. The van der Waals surface area contributed by atoms with Gasteiger partial charge in [-0.1, -0.05) is 6.07 Å². The third-order valence-electron chi connectivity index (χ3n) is 7.75. The Bertz CT molecular complexity index is 1630. The summed E-state index contributed by atoms with van der Waals surface area (Å²) in [6.07, 6.45) is -3.40. The van der Waals surface area contributed by atoms with E-state index in [1.54, 1.807) is 36.4 Å². The SMILES string of the molecule is CC(=O)O[C@@H]1CO[C@H]2[C@@H]1OC[C@H]2Oc1ccc2c(c1)c(C(C)=O)nn2CC(=O)N1C[C@H](F)C[C@H]1C(=O)Nc1cccc(Br)n1. The number of fused-ring (bicyclic) bond motifs is 2. The molecule has 44 heavy (non-hydrogen) atoms. The number of hydrogen-bond donors (Lipinski definition) is 1. The lowest BCUT2D eigenvalue weighted by molar-refractivity contribution is -0.151. The lowest BCUT2D eigenvalue weighted by Crippen LogP contribution is -2.44. The lowest BCUT2D eigenvalue weighted by Gasteiger charge is -2.23. The van der Waals surface area contributed by atoms with E-state index in [9.17, 15) is 23.6 Å². The molecule has 3 aliphatic rings. The van der Waals surface area contributed by atoms with E-state index in [1.165, 1.54) is 23.4 Å². The number of anilines is 1. The molecule has 3 aromatic rings. The highest BCUT2D eigenvalue weighted by Gasteiger charge is 2.50. The van der Waals surface area contributed by atoms with Crippen LogP contribution in [0.1, 0.15) is 30.8 Å². The number of hydrogen-bond acceptors (Lipinski definition) is 10. The largest absolute Gasteiger partial charge is 0.485 e. The zero-order valence-corrected chi connectivity index (χ0v) is 25.4. The van der Waals surface area contributed by atoms with Crippen molar-refractivity contribution in [3.8, 4) is 5.75 Å². The number of amides is 2. The first-order chi connectivity index (χ1) is 21.1. The van der Waals surface area contributed by atoms with Gasteiger partial charge in [0.05, 0.1) is 25.3 Å². The monoisotopic (exact) mass is 673 g/mol. The zero-order valence-electron chi connectivity index (χ0n) is 23.8. The number of nitrogens with zero attached hydrogens (tertiary/aromatic N) is 4. The topological polar surface area (TPSA) is 151 Å². The van der Waals surface area contributed by atoms with Gasteiger partial charge in [-0.3, -0.25) is 23.9 Å². The van der Waals surface area contributed by atoms with Crippen molar-refractivity contribution in [1.82, 2.24) is 19.7 Å². The third-order valence-corrected chi connectivity index (χ3v) is 8.19. The summed E-state index contributed by atoms with van der Waals surface area (Å²) in [6.45, 7) is 2.55. The number of nitrogens with one attached hydrogen (secondary N) is 1. The van der Waals surface area contributed by atoms with Crippen molar-refractivity contribution in [3.05, 3.63) is 46.7 Å². The van der Waals surface area contributed by atoms with Gasteiger partial charge < -0.3 is 29.2 Å². The number of pyridine rings is 1. The van der Waals surface area contributed by atoms with E-state index in [0.29, 0.717) is 21.3 Å². The van der Waals surface area contributed by atoms with Crippen LogP contribution in [0.5, 0.6) is 5.75 Å². The molecule has 2 amide bonds. The van der Waals surface area contributed by atoms with Crippen LogP contribution in [0.25, 0.3) is 10.9 Å². The van der Waals surface area contributed by atoms with Crippen molar-refractivity contribution in [2.24, 2.45) is 0 Å². The Morgan fingerprint density at radius 1 is 1.09 bits per heavy atom. The van der Waals surface area contributed by atoms with Gasteiger partial charge in [0.25, 0.3) is 0 Å². The molecule has 0 spiro atoms. The standard InChI is InChI=1S/C29H29BrFN5O8/c1-14(37)26-18-9-17(44-22-13-42-27-21(43-15(2)38)12-41-28(22)27)6-7-19(18)36(34-26)11-25(39)35-10-16(31)8-20(35)29(40)33-24-5-3-4-23(30)32-24/h3-7,9,16,20-22,27-28H,8,10-13H2,1-2H3,(H,32,33,40)/t16-,20+,21-,22-,27-,28-/m1/s1. The first-order valence-electron chi connectivity index (χ1n) is 14.0. The van der Waals surface area contributed by atoms with E-state index in [-0.39, 0.29) is 50.0 Å². The molecule has 0 radical (unpaired) electrons. The summed E-state index contributed by atoms with van der Waals surface area (Å²) < 4.78 is 39.4. The van der Waals surface area contributed by atoms with Gasteiger partial charge in [-0.05, 0) is 46.3 Å². The average Bonchev–Trinajstić information content (AvgIpc) is 3.73. The van der Waals surface area contributed by atoms with Gasteiger partial charge in [-0.15, -0.1) is 0 Å². The molecule has 6 atom stereocenters. The highest BCUT2D eigenvalue weighted by atomic mass is 79.9. The lowest BCUT2D eigenvalue weighted by atomic mass is 10.1. The molecule has 13 nitrogen and oxygen atoms in total. The number of benzene rings is 1. The fourth-order valence-electron chi connectivity index (χ4n) is 5.85. The molecule has 0 aliphatic carbocycles. The van der Waals surface area contributed by atoms with Crippen LogP contribution in [0, 0.1) is 0 Å². The molecule has 1 N–H and O–H groups in total. The van der Waals surface area contributed by atoms with Gasteiger partial charge in [0.2, 0.25) is 11.8 Å². The highest BCUT2D eigenvalue weighted by Crippen LogP contribution is 2.33. The summed E-state index contributed by atoms with van der Waals surface area (Å²) in [7, 11) is 0. The Labute approximate surface area is 259 Å². The highest BCUT2D eigenvalue weighted by molar-refractivity contribution is 9.10. The average molecular weight is 674 g/mol. The summed E-state index contributed by atoms with van der Waals surface area (Å²) >= 11 is 3.24. The van der Waals surface area contributed by atoms with Gasteiger partial charge in [0.1, 0.15) is 52.8 Å². The number of alkyl halides is 1. The Morgan fingerprint density at radius 2 is 1.84 bits per heavy atom. The molecule has 0 unspecified atom stereocenters. The van der Waals surface area contributed by atoms with Crippen molar-refractivity contribution in [2.45, 2.75) is 63.4 Å². The van der Waals surface area contributed by atoms with E-state index in [0.717, 1.165) is 0 Å². The van der Waals surface area contributed by atoms with Gasteiger partial charge >= 0.3 is 5.97 Å². The van der Waals surface area contributed by atoms with Crippen molar-refractivity contribution >= 4 is 56.2 Å². The first-order valence-corrected chi connectivity index (χ1v) is 14.8. The fraction of sp³-hybridized carbons (Fsp3) is 0.448. The quantitative estimate of drug-likeness (QED) is 0.214. The number of rotatable bonds is 8. The minimum absolute atomic E-state index is 0.130. The molecule has 3 saturated heterocycles. The van der Waals surface area contributed by atoms with Crippen LogP contribution in [-0.4, -0.2) is 99.6 Å². The van der Waals surface area contributed by atoms with Crippen LogP contribution >= 0.6 is 15.9 Å². The molecular weight excluding hydrogens is 645 g/mol. The fourth-order valence-corrected chi connectivity index (χ4v) is 6.19. The van der Waals surface area contributed by atoms with Crippen LogP contribution < -0.4 is 10.1 Å². The van der Waals surface area contributed by atoms with Crippen LogP contribution in [-0.2, 0) is 35.1 Å². The molecule has 3 fully saturated rings. The minimum Gasteiger partial charge on any atom is -0.485 e. The van der Waals surface area contributed by atoms with Crippen molar-refractivity contribution in [1.29, 1.82) is 0 Å². The molecular formula is C29H29BrFN5O8. The molecule has 232 valence electrons. The minimum atomic E-state index is -1.38. The number of ether oxygens (including phenoxy) is 4. The normalized spacial score (nSPS) is 26.0. The molecule has 0 saturated carbocycles. The second kappa shape index (κ2) is 12.2. The summed E-state index contributed by atoms with van der Waals surface area (Å²) in [4.78, 5) is 55.7. The van der Waals surface area contributed by atoms with Gasteiger partial charge in [-0.2, -0.15) is 5.10 Å². The molecule has 1 aromatic carbocycles. The van der Waals surface area contributed by atoms with Crippen LogP contribution in [0.15, 0.2) is 41.0 Å². The number of ketones is 1. The number of likely N-dealkylation sites (tertiary alicyclic amines) is 1. The van der Waals surface area contributed by atoms with Gasteiger partial charge in [0.15, 0.2) is 18.0 Å². The number of carbonyl (C=O) groups is 4. The molecule has 6 rings (SSSR count). The second-order valence-electron chi connectivity index (χ2n) is 10.9. The van der Waals surface area contributed by atoms with Crippen LogP contribution in [0.4, 0.5) is 10.2 Å². The molecule has 2 aromatic heterocycles. The number of Topliss-reactive ketones (excluding diaryl/α,β-unsaturated/α-hetero) is 1. The van der Waals surface area contributed by atoms with Crippen molar-refractivity contribution in [2.75, 3.05) is 25.1 Å². The summed E-state index contributed by atoms with van der Waals surface area (Å²) in [5.41, 5.74) is 0.615. The predicted octanol–water partition coefficient (Wildman–Crippen LogP) is 2.45. The van der Waals surface area contributed by atoms with E-state index in [4.69, 9.17) is 18.9 Å². The summed E-state index contributed by atoms with van der Waals surface area (Å²) in [6, 6.07) is 8.94. The van der Waals surface area contributed by atoms with E-state index >= 15 is 0 Å². The maximum absolute atomic E-state index is 14.5. The second-order valence-corrected chi connectivity index (χ2v) is 11.7. The van der Waals surface area contributed by atoms with Gasteiger partial charge in [0, 0.05) is 25.7 Å². The maximum atomic E-state index is 14.5.